The van der Waals surface area contributed by atoms with E-state index in [9.17, 15) is 5.11 Å². The van der Waals surface area contributed by atoms with Crippen molar-refractivity contribution in [2.45, 2.75) is 32.3 Å². The van der Waals surface area contributed by atoms with Gasteiger partial charge < -0.3 is 14.6 Å². The molecule has 0 aromatic heterocycles. The third-order valence-corrected chi connectivity index (χ3v) is 3.01. The van der Waals surface area contributed by atoms with E-state index in [1.165, 1.54) is 5.56 Å². The normalized spacial score (nSPS) is 18.1. The van der Waals surface area contributed by atoms with E-state index in [-0.39, 0.29) is 6.10 Å². The average molecular weight is 236 g/mol. The van der Waals surface area contributed by atoms with Crippen LogP contribution in [0.15, 0.2) is 18.2 Å². The molecule has 0 saturated heterocycles. The van der Waals surface area contributed by atoms with Crippen LogP contribution < -0.4 is 4.74 Å². The van der Waals surface area contributed by atoms with Crippen molar-refractivity contribution in [2.24, 2.45) is 0 Å². The van der Waals surface area contributed by atoms with E-state index in [2.05, 4.69) is 6.92 Å². The highest BCUT2D eigenvalue weighted by Gasteiger charge is 2.20. The van der Waals surface area contributed by atoms with Crippen molar-refractivity contribution in [3.63, 3.8) is 0 Å². The third-order valence-electron chi connectivity index (χ3n) is 3.01. The molecule has 0 spiro atoms. The number of fused-ring (bicyclic) bond motifs is 1. The van der Waals surface area contributed by atoms with Crippen LogP contribution in [-0.2, 0) is 11.2 Å². The van der Waals surface area contributed by atoms with Crippen LogP contribution >= 0.6 is 0 Å². The van der Waals surface area contributed by atoms with Crippen LogP contribution in [0.4, 0.5) is 0 Å². The summed E-state index contributed by atoms with van der Waals surface area (Å²) in [6, 6.07) is 5.92. The maximum Gasteiger partial charge on any atom is 0.119 e. The summed E-state index contributed by atoms with van der Waals surface area (Å²) in [5, 5.41) is 9.68. The van der Waals surface area contributed by atoms with Crippen molar-refractivity contribution in [2.75, 3.05) is 19.8 Å². The Morgan fingerprint density at radius 3 is 3.00 bits per heavy atom. The highest BCUT2D eigenvalue weighted by atomic mass is 16.5. The molecule has 2 rings (SSSR count). The number of ether oxygens (including phenoxy) is 2. The maximum atomic E-state index is 9.68. The van der Waals surface area contributed by atoms with Crippen LogP contribution in [0.3, 0.4) is 0 Å². The first-order valence-electron chi connectivity index (χ1n) is 6.32. The quantitative estimate of drug-likeness (QED) is 0.771. The predicted octanol–water partition coefficient (Wildman–Crippen LogP) is 2.47. The van der Waals surface area contributed by atoms with Crippen LogP contribution in [0, 0.1) is 0 Å². The van der Waals surface area contributed by atoms with Gasteiger partial charge in [0.05, 0.1) is 12.7 Å². The smallest absolute Gasteiger partial charge is 0.119 e. The maximum absolute atomic E-state index is 9.68. The zero-order valence-electron chi connectivity index (χ0n) is 10.3. The molecule has 1 N–H and O–H groups in total. The van der Waals surface area contributed by atoms with Crippen LogP contribution in [0.1, 0.15) is 37.0 Å². The highest BCUT2D eigenvalue weighted by molar-refractivity contribution is 5.39. The molecule has 17 heavy (non-hydrogen) atoms. The van der Waals surface area contributed by atoms with Gasteiger partial charge in [0, 0.05) is 6.61 Å². The fourth-order valence-electron chi connectivity index (χ4n) is 2.13. The van der Waals surface area contributed by atoms with Gasteiger partial charge in [0.25, 0.3) is 0 Å². The van der Waals surface area contributed by atoms with Crippen molar-refractivity contribution in [3.8, 4) is 5.75 Å². The molecular formula is C14H20O3. The van der Waals surface area contributed by atoms with Gasteiger partial charge >= 0.3 is 0 Å². The van der Waals surface area contributed by atoms with Gasteiger partial charge in [-0.25, -0.2) is 0 Å². The Labute approximate surface area is 102 Å². The highest BCUT2D eigenvalue weighted by Crippen LogP contribution is 2.33. The van der Waals surface area contributed by atoms with E-state index < -0.39 is 0 Å². The molecular weight excluding hydrogens is 216 g/mol. The molecule has 1 aromatic rings. The summed E-state index contributed by atoms with van der Waals surface area (Å²) in [6.07, 6.45) is 2.53. The van der Waals surface area contributed by atoms with Gasteiger partial charge in [-0.15, -0.1) is 0 Å². The lowest BCUT2D eigenvalue weighted by molar-refractivity contribution is 0.101. The monoisotopic (exact) mass is 236 g/mol. The molecule has 0 unspecified atom stereocenters. The van der Waals surface area contributed by atoms with Crippen molar-refractivity contribution in [1.29, 1.82) is 0 Å². The molecule has 0 radical (unpaired) electrons. The van der Waals surface area contributed by atoms with Crippen LogP contribution in [0.25, 0.3) is 0 Å². The number of aryl methyl sites for hydroxylation is 1. The zero-order chi connectivity index (χ0) is 12.1. The molecule has 94 valence electrons. The van der Waals surface area contributed by atoms with Gasteiger partial charge in [0.15, 0.2) is 0 Å². The molecule has 0 amide bonds. The molecule has 3 heteroatoms. The SMILES string of the molecule is CCCOCCOc1ccc2c(c1)CC[C@@H]2O. The number of aliphatic hydroxyl groups is 1. The summed E-state index contributed by atoms with van der Waals surface area (Å²) < 4.78 is 11.0. The minimum absolute atomic E-state index is 0.285. The number of hydrogen-bond acceptors (Lipinski definition) is 3. The van der Waals surface area contributed by atoms with Crippen molar-refractivity contribution < 1.29 is 14.6 Å². The molecule has 0 saturated carbocycles. The lowest BCUT2D eigenvalue weighted by Gasteiger charge is -2.09. The fraction of sp³-hybridized carbons (Fsp3) is 0.571. The van der Waals surface area contributed by atoms with E-state index in [1.807, 2.05) is 18.2 Å². The van der Waals surface area contributed by atoms with Gasteiger partial charge in [0.1, 0.15) is 12.4 Å². The number of benzene rings is 1. The molecule has 0 heterocycles. The first kappa shape index (κ1) is 12.4. The van der Waals surface area contributed by atoms with Gasteiger partial charge in [-0.1, -0.05) is 13.0 Å². The second-order valence-corrected chi connectivity index (χ2v) is 4.38. The minimum atomic E-state index is -0.285. The molecule has 0 aliphatic heterocycles. The van der Waals surface area contributed by atoms with E-state index in [0.717, 1.165) is 37.2 Å². The van der Waals surface area contributed by atoms with Crippen LogP contribution in [0.5, 0.6) is 5.75 Å². The van der Waals surface area contributed by atoms with E-state index in [1.54, 1.807) is 0 Å². The van der Waals surface area contributed by atoms with Gasteiger partial charge in [0.2, 0.25) is 0 Å². The third kappa shape index (κ3) is 3.20. The summed E-state index contributed by atoms with van der Waals surface area (Å²) in [4.78, 5) is 0. The van der Waals surface area contributed by atoms with E-state index in [0.29, 0.717) is 13.2 Å². The van der Waals surface area contributed by atoms with Gasteiger partial charge in [-0.3, -0.25) is 0 Å². The Morgan fingerprint density at radius 2 is 2.18 bits per heavy atom. The average Bonchev–Trinajstić information content (AvgIpc) is 2.71. The number of rotatable bonds is 6. The zero-order valence-corrected chi connectivity index (χ0v) is 10.3. The predicted molar refractivity (Wildman–Crippen MR) is 66.3 cm³/mol. The summed E-state index contributed by atoms with van der Waals surface area (Å²) in [7, 11) is 0. The van der Waals surface area contributed by atoms with E-state index >= 15 is 0 Å². The number of aliphatic hydroxyl groups excluding tert-OH is 1. The van der Waals surface area contributed by atoms with Crippen molar-refractivity contribution in [1.82, 2.24) is 0 Å². The largest absolute Gasteiger partial charge is 0.491 e. The van der Waals surface area contributed by atoms with Crippen LogP contribution in [0.2, 0.25) is 0 Å². The second kappa shape index (κ2) is 6.03. The Hall–Kier alpha value is -1.06. The minimum Gasteiger partial charge on any atom is -0.491 e. The summed E-state index contributed by atoms with van der Waals surface area (Å²) in [6.45, 7) is 4.10. The summed E-state index contributed by atoms with van der Waals surface area (Å²) >= 11 is 0. The van der Waals surface area contributed by atoms with Gasteiger partial charge in [-0.05, 0) is 42.5 Å². The molecule has 1 aliphatic rings. The molecule has 3 nitrogen and oxygen atoms in total. The first-order valence-corrected chi connectivity index (χ1v) is 6.32. The van der Waals surface area contributed by atoms with Crippen molar-refractivity contribution in [3.05, 3.63) is 29.3 Å². The first-order chi connectivity index (χ1) is 8.31. The number of hydrogen-bond donors (Lipinski definition) is 1. The molecule has 0 fully saturated rings. The van der Waals surface area contributed by atoms with Crippen LogP contribution in [-0.4, -0.2) is 24.9 Å². The lowest BCUT2D eigenvalue weighted by atomic mass is 10.1. The fourth-order valence-corrected chi connectivity index (χ4v) is 2.13. The summed E-state index contributed by atoms with van der Waals surface area (Å²) in [5.41, 5.74) is 2.27. The molecule has 1 atom stereocenters. The summed E-state index contributed by atoms with van der Waals surface area (Å²) in [5.74, 6) is 0.873. The molecule has 1 aromatic carbocycles. The molecule has 0 bridgehead atoms. The Bertz CT molecular complexity index is 362. The Morgan fingerprint density at radius 1 is 1.29 bits per heavy atom. The Kier molecular flexibility index (Phi) is 4.40. The van der Waals surface area contributed by atoms with Gasteiger partial charge in [-0.2, -0.15) is 0 Å². The van der Waals surface area contributed by atoms with E-state index in [4.69, 9.17) is 9.47 Å². The topological polar surface area (TPSA) is 38.7 Å². The molecule has 1 aliphatic carbocycles. The standard InChI is InChI=1S/C14H20O3/c1-2-7-16-8-9-17-12-4-5-13-11(10-12)3-6-14(13)15/h4-5,10,14-15H,2-3,6-9H2,1H3/t14-/m0/s1. The lowest BCUT2D eigenvalue weighted by Crippen LogP contribution is -2.07. The van der Waals surface area contributed by atoms with Crippen molar-refractivity contribution >= 4 is 0 Å². The Balaban J connectivity index is 1.82. The second-order valence-electron chi connectivity index (χ2n) is 4.38.